The minimum absolute atomic E-state index is 0.0160. The van der Waals surface area contributed by atoms with Gasteiger partial charge in [-0.1, -0.05) is 38.1 Å². The van der Waals surface area contributed by atoms with Gasteiger partial charge < -0.3 is 5.32 Å². The van der Waals surface area contributed by atoms with Crippen LogP contribution in [0, 0.1) is 11.7 Å². The molecule has 0 bridgehead atoms. The third-order valence-electron chi connectivity index (χ3n) is 4.32. The molecule has 0 radical (unpaired) electrons. The summed E-state index contributed by atoms with van der Waals surface area (Å²) in [4.78, 5) is 12.0. The van der Waals surface area contributed by atoms with E-state index in [1.807, 2.05) is 0 Å². The Morgan fingerprint density at radius 2 is 1.63 bits per heavy atom. The van der Waals surface area contributed by atoms with Crippen LogP contribution in [0.3, 0.4) is 0 Å². The number of primary sulfonamides is 1. The highest BCUT2D eigenvalue weighted by Crippen LogP contribution is 2.15. The van der Waals surface area contributed by atoms with Gasteiger partial charge in [-0.15, -0.1) is 0 Å². The first-order valence-electron chi connectivity index (χ1n) is 9.08. The Labute approximate surface area is 175 Å². The SMILES string of the molecule is CC(C)[C@H](NS(=O)(=O)c1ccccc1F)C(=O)NCCc1ccc(S(N)(=O)=O)cc1. The molecule has 2 aromatic rings. The summed E-state index contributed by atoms with van der Waals surface area (Å²) >= 11 is 0. The third-order valence-corrected chi connectivity index (χ3v) is 6.73. The molecule has 0 heterocycles. The molecule has 2 rings (SSSR count). The van der Waals surface area contributed by atoms with E-state index in [0.29, 0.717) is 6.42 Å². The highest BCUT2D eigenvalue weighted by Gasteiger charge is 2.29. The Morgan fingerprint density at radius 3 is 2.17 bits per heavy atom. The Kier molecular flexibility index (Phi) is 7.70. The maximum Gasteiger partial charge on any atom is 0.244 e. The van der Waals surface area contributed by atoms with Crippen LogP contribution in [0.4, 0.5) is 4.39 Å². The molecule has 0 spiro atoms. The lowest BCUT2D eigenvalue weighted by Crippen LogP contribution is -2.50. The number of sulfonamides is 2. The highest BCUT2D eigenvalue weighted by molar-refractivity contribution is 7.89. The Balaban J connectivity index is 2.01. The maximum atomic E-state index is 13.9. The van der Waals surface area contributed by atoms with Gasteiger partial charge in [-0.25, -0.2) is 26.4 Å². The monoisotopic (exact) mass is 457 g/mol. The molecule has 2 aromatic carbocycles. The molecule has 0 unspecified atom stereocenters. The lowest BCUT2D eigenvalue weighted by molar-refractivity contribution is -0.123. The molecular formula is C19H24FN3O5S2. The molecule has 0 saturated heterocycles. The predicted octanol–water partition coefficient (Wildman–Crippen LogP) is 1.13. The van der Waals surface area contributed by atoms with Gasteiger partial charge in [0.2, 0.25) is 26.0 Å². The Morgan fingerprint density at radius 1 is 1.03 bits per heavy atom. The molecule has 8 nitrogen and oxygen atoms in total. The first-order valence-corrected chi connectivity index (χ1v) is 12.1. The van der Waals surface area contributed by atoms with Gasteiger partial charge >= 0.3 is 0 Å². The lowest BCUT2D eigenvalue weighted by atomic mass is 10.0. The van der Waals surface area contributed by atoms with E-state index in [1.165, 1.54) is 24.3 Å². The molecule has 4 N–H and O–H groups in total. The van der Waals surface area contributed by atoms with Crippen LogP contribution in [0.5, 0.6) is 0 Å². The van der Waals surface area contributed by atoms with Crippen LogP contribution in [0.25, 0.3) is 0 Å². The largest absolute Gasteiger partial charge is 0.354 e. The molecule has 0 aliphatic rings. The number of nitrogens with two attached hydrogens (primary N) is 1. The normalized spacial score (nSPS) is 13.2. The number of carbonyl (C=O) groups is 1. The summed E-state index contributed by atoms with van der Waals surface area (Å²) in [6, 6.07) is 9.70. The van der Waals surface area contributed by atoms with Gasteiger partial charge in [0.25, 0.3) is 0 Å². The van der Waals surface area contributed by atoms with Gasteiger partial charge in [0.15, 0.2) is 0 Å². The second-order valence-electron chi connectivity index (χ2n) is 7.00. The zero-order valence-electron chi connectivity index (χ0n) is 16.5. The van der Waals surface area contributed by atoms with Crippen molar-refractivity contribution in [3.05, 3.63) is 59.9 Å². The number of nitrogens with one attached hydrogen (secondary N) is 2. The molecule has 0 fully saturated rings. The summed E-state index contributed by atoms with van der Waals surface area (Å²) in [6.45, 7) is 3.53. The quantitative estimate of drug-likeness (QED) is 0.519. The highest BCUT2D eigenvalue weighted by atomic mass is 32.2. The topological polar surface area (TPSA) is 135 Å². The average molecular weight is 458 g/mol. The van der Waals surface area contributed by atoms with Crippen LogP contribution < -0.4 is 15.2 Å². The Hall–Kier alpha value is -2.34. The number of carbonyl (C=O) groups excluding carboxylic acids is 1. The van der Waals surface area contributed by atoms with E-state index in [0.717, 1.165) is 17.7 Å². The van der Waals surface area contributed by atoms with Crippen molar-refractivity contribution in [2.24, 2.45) is 11.1 Å². The molecule has 0 aromatic heterocycles. The first kappa shape index (κ1) is 23.9. The predicted molar refractivity (Wildman–Crippen MR) is 110 cm³/mol. The first-order chi connectivity index (χ1) is 13.9. The summed E-state index contributed by atoms with van der Waals surface area (Å²) in [5, 5.41) is 7.69. The van der Waals surface area contributed by atoms with Crippen LogP contribution >= 0.6 is 0 Å². The third kappa shape index (κ3) is 6.33. The molecule has 164 valence electrons. The van der Waals surface area contributed by atoms with Crippen molar-refractivity contribution in [3.8, 4) is 0 Å². The second-order valence-corrected chi connectivity index (χ2v) is 10.2. The summed E-state index contributed by atoms with van der Waals surface area (Å²) in [5.74, 6) is -1.84. The van der Waals surface area contributed by atoms with Gasteiger partial charge in [-0.2, -0.15) is 4.72 Å². The van der Waals surface area contributed by atoms with Gasteiger partial charge in [0.05, 0.1) is 4.90 Å². The van der Waals surface area contributed by atoms with E-state index in [1.54, 1.807) is 26.0 Å². The zero-order chi connectivity index (χ0) is 22.5. The number of rotatable bonds is 9. The molecule has 30 heavy (non-hydrogen) atoms. The number of benzene rings is 2. The maximum absolute atomic E-state index is 13.9. The van der Waals surface area contributed by atoms with Crippen molar-refractivity contribution >= 4 is 26.0 Å². The van der Waals surface area contributed by atoms with Crippen LogP contribution in [0.1, 0.15) is 19.4 Å². The molecule has 1 atom stereocenters. The van der Waals surface area contributed by atoms with Crippen molar-refractivity contribution in [1.29, 1.82) is 0 Å². The van der Waals surface area contributed by atoms with E-state index in [2.05, 4.69) is 10.0 Å². The molecule has 0 saturated carbocycles. The van der Waals surface area contributed by atoms with Gasteiger partial charge in [0.1, 0.15) is 16.8 Å². The fourth-order valence-electron chi connectivity index (χ4n) is 2.67. The van der Waals surface area contributed by atoms with Crippen molar-refractivity contribution in [2.45, 2.75) is 36.1 Å². The number of hydrogen-bond donors (Lipinski definition) is 3. The minimum Gasteiger partial charge on any atom is -0.354 e. The fraction of sp³-hybridized carbons (Fsp3) is 0.316. The minimum atomic E-state index is -4.23. The average Bonchev–Trinajstić information content (AvgIpc) is 2.65. The summed E-state index contributed by atoms with van der Waals surface area (Å²) in [5.41, 5.74) is 0.760. The molecular weight excluding hydrogens is 433 g/mol. The summed E-state index contributed by atoms with van der Waals surface area (Å²) in [6.07, 6.45) is 0.390. The van der Waals surface area contributed by atoms with Crippen molar-refractivity contribution < 1.29 is 26.0 Å². The molecule has 0 aliphatic heterocycles. The molecule has 1 amide bonds. The number of amides is 1. The van der Waals surface area contributed by atoms with Crippen molar-refractivity contribution in [3.63, 3.8) is 0 Å². The van der Waals surface area contributed by atoms with Gasteiger partial charge in [-0.05, 0) is 42.2 Å². The standard InChI is InChI=1S/C19H24FN3O5S2/c1-13(2)18(23-30(27,28)17-6-4-3-5-16(17)20)19(24)22-12-11-14-7-9-15(10-8-14)29(21,25)26/h3-10,13,18,23H,11-12H2,1-2H3,(H,22,24)(H2,21,25,26)/t18-/m0/s1. The number of hydrogen-bond acceptors (Lipinski definition) is 5. The van der Waals surface area contributed by atoms with Crippen LogP contribution in [0.15, 0.2) is 58.3 Å². The van der Waals surface area contributed by atoms with Crippen molar-refractivity contribution in [1.82, 2.24) is 10.0 Å². The van der Waals surface area contributed by atoms with Crippen molar-refractivity contribution in [2.75, 3.05) is 6.54 Å². The second kappa shape index (κ2) is 9.65. The van der Waals surface area contributed by atoms with E-state index < -0.39 is 42.7 Å². The van der Waals surface area contributed by atoms with E-state index in [-0.39, 0.29) is 17.4 Å². The van der Waals surface area contributed by atoms with E-state index in [9.17, 15) is 26.0 Å². The number of halogens is 1. The van der Waals surface area contributed by atoms with Gasteiger partial charge in [0, 0.05) is 6.54 Å². The fourth-order valence-corrected chi connectivity index (χ4v) is 4.61. The molecule has 11 heteroatoms. The zero-order valence-corrected chi connectivity index (χ0v) is 18.1. The van der Waals surface area contributed by atoms with E-state index >= 15 is 0 Å². The Bertz CT molecular complexity index is 1100. The molecule has 0 aliphatic carbocycles. The summed E-state index contributed by atoms with van der Waals surface area (Å²) < 4.78 is 63.6. The van der Waals surface area contributed by atoms with Crippen LogP contribution in [-0.4, -0.2) is 35.3 Å². The van der Waals surface area contributed by atoms with Gasteiger partial charge in [-0.3, -0.25) is 4.79 Å². The van der Waals surface area contributed by atoms with Crippen LogP contribution in [0.2, 0.25) is 0 Å². The van der Waals surface area contributed by atoms with E-state index in [4.69, 9.17) is 5.14 Å². The lowest BCUT2D eigenvalue weighted by Gasteiger charge is -2.22. The smallest absolute Gasteiger partial charge is 0.244 e. The summed E-state index contributed by atoms with van der Waals surface area (Å²) in [7, 11) is -8.01. The van der Waals surface area contributed by atoms with Crippen LogP contribution in [-0.2, 0) is 31.3 Å².